The van der Waals surface area contributed by atoms with Gasteiger partial charge in [0.05, 0.1) is 4.90 Å². The molecule has 0 spiro atoms. The lowest BCUT2D eigenvalue weighted by atomic mass is 9.87. The van der Waals surface area contributed by atoms with Crippen LogP contribution in [0.4, 0.5) is 0 Å². The molecule has 3 N–H and O–H groups in total. The van der Waals surface area contributed by atoms with Crippen LogP contribution in [0, 0.1) is 5.41 Å². The van der Waals surface area contributed by atoms with Crippen molar-refractivity contribution < 1.29 is 8.42 Å². The minimum atomic E-state index is -3.13. The van der Waals surface area contributed by atoms with Crippen LogP contribution in [0.25, 0.3) is 0 Å². The van der Waals surface area contributed by atoms with Crippen LogP contribution in [-0.4, -0.2) is 27.3 Å². The molecule has 0 fully saturated rings. The smallest absolute Gasteiger partial charge is 0.176 e. The molecule has 0 aliphatic heterocycles. The third-order valence-corrected chi connectivity index (χ3v) is 5.10. The highest BCUT2D eigenvalue weighted by Crippen LogP contribution is 2.22. The van der Waals surface area contributed by atoms with E-state index in [1.54, 1.807) is 11.4 Å². The van der Waals surface area contributed by atoms with Crippen LogP contribution in [0.15, 0.2) is 16.3 Å². The Morgan fingerprint density at radius 1 is 1.44 bits per heavy atom. The molecule has 1 aromatic heterocycles. The fourth-order valence-corrected chi connectivity index (χ4v) is 3.66. The highest BCUT2D eigenvalue weighted by atomic mass is 32.2. The Labute approximate surface area is 114 Å². The fourth-order valence-electron chi connectivity index (χ4n) is 1.44. The summed E-state index contributed by atoms with van der Waals surface area (Å²) in [4.78, 5) is 1.27. The van der Waals surface area contributed by atoms with Crippen molar-refractivity contribution in [2.75, 3.05) is 12.8 Å². The Balaban J connectivity index is 2.59. The molecule has 18 heavy (non-hydrogen) atoms. The summed E-state index contributed by atoms with van der Waals surface area (Å²) in [6, 6.07) is 1.69. The van der Waals surface area contributed by atoms with Crippen molar-refractivity contribution in [1.29, 1.82) is 0 Å². The zero-order valence-electron chi connectivity index (χ0n) is 11.4. The van der Waals surface area contributed by atoms with Crippen molar-refractivity contribution >= 4 is 21.2 Å². The van der Waals surface area contributed by atoms with E-state index < -0.39 is 9.84 Å². The van der Waals surface area contributed by atoms with Crippen molar-refractivity contribution in [2.45, 2.75) is 38.3 Å². The average molecular weight is 290 g/mol. The van der Waals surface area contributed by atoms with E-state index in [-0.39, 0.29) is 11.5 Å². The molecular weight excluding hydrogens is 268 g/mol. The minimum absolute atomic E-state index is 0.0409. The predicted molar refractivity (Wildman–Crippen MR) is 76.6 cm³/mol. The average Bonchev–Trinajstić information content (AvgIpc) is 2.63. The van der Waals surface area contributed by atoms with E-state index >= 15 is 0 Å². The molecule has 1 atom stereocenters. The SMILES string of the molecule is CC(C)(C)[C@H](N)CNCc1sccc1S(C)(=O)=O. The predicted octanol–water partition coefficient (Wildman–Crippen LogP) is 1.61. The number of nitrogens with two attached hydrogens (primary N) is 1. The first-order valence-electron chi connectivity index (χ1n) is 5.85. The van der Waals surface area contributed by atoms with Crippen molar-refractivity contribution in [3.63, 3.8) is 0 Å². The molecule has 0 radical (unpaired) electrons. The van der Waals surface area contributed by atoms with Gasteiger partial charge in [0.1, 0.15) is 0 Å². The number of rotatable bonds is 5. The van der Waals surface area contributed by atoms with Gasteiger partial charge in [0.2, 0.25) is 0 Å². The number of hydrogen-bond acceptors (Lipinski definition) is 5. The van der Waals surface area contributed by atoms with Crippen molar-refractivity contribution in [2.24, 2.45) is 11.1 Å². The molecule has 0 aromatic carbocycles. The molecule has 4 nitrogen and oxygen atoms in total. The molecule has 0 amide bonds. The van der Waals surface area contributed by atoms with Gasteiger partial charge in [0, 0.05) is 30.3 Å². The maximum absolute atomic E-state index is 11.5. The van der Waals surface area contributed by atoms with E-state index in [2.05, 4.69) is 26.1 Å². The van der Waals surface area contributed by atoms with Gasteiger partial charge >= 0.3 is 0 Å². The van der Waals surface area contributed by atoms with Crippen molar-refractivity contribution in [3.05, 3.63) is 16.3 Å². The van der Waals surface area contributed by atoms with Crippen molar-refractivity contribution in [3.8, 4) is 0 Å². The zero-order chi connectivity index (χ0) is 14.0. The van der Waals surface area contributed by atoms with Gasteiger partial charge in [-0.2, -0.15) is 0 Å². The van der Waals surface area contributed by atoms with E-state index in [1.165, 1.54) is 17.6 Å². The quantitative estimate of drug-likeness (QED) is 0.864. The molecule has 0 saturated carbocycles. The van der Waals surface area contributed by atoms with E-state index in [9.17, 15) is 8.42 Å². The van der Waals surface area contributed by atoms with Crippen molar-refractivity contribution in [1.82, 2.24) is 5.32 Å². The van der Waals surface area contributed by atoms with Gasteiger partial charge in [-0.05, 0) is 16.9 Å². The van der Waals surface area contributed by atoms with Gasteiger partial charge < -0.3 is 11.1 Å². The van der Waals surface area contributed by atoms with Crippen LogP contribution in [0.2, 0.25) is 0 Å². The second-order valence-electron chi connectivity index (χ2n) is 5.58. The first kappa shape index (κ1) is 15.6. The molecule has 104 valence electrons. The monoisotopic (exact) mass is 290 g/mol. The molecule has 0 unspecified atom stereocenters. The Morgan fingerprint density at radius 2 is 2.06 bits per heavy atom. The molecule has 1 aromatic rings. The molecule has 1 rings (SSSR count). The van der Waals surface area contributed by atoms with Gasteiger partial charge in [-0.1, -0.05) is 20.8 Å². The first-order chi connectivity index (χ1) is 8.12. The van der Waals surface area contributed by atoms with Gasteiger partial charge in [-0.15, -0.1) is 11.3 Å². The highest BCUT2D eigenvalue weighted by Gasteiger charge is 2.20. The second kappa shape index (κ2) is 5.69. The Hall–Kier alpha value is -0.430. The Bertz CT molecular complexity index is 486. The third-order valence-electron chi connectivity index (χ3n) is 2.87. The van der Waals surface area contributed by atoms with Crippen LogP contribution < -0.4 is 11.1 Å². The minimum Gasteiger partial charge on any atom is -0.326 e. The van der Waals surface area contributed by atoms with E-state index in [0.29, 0.717) is 18.0 Å². The molecule has 1 heterocycles. The summed E-state index contributed by atoms with van der Waals surface area (Å²) in [6.07, 6.45) is 1.24. The van der Waals surface area contributed by atoms with Crippen LogP contribution in [-0.2, 0) is 16.4 Å². The van der Waals surface area contributed by atoms with E-state index in [1.807, 2.05) is 0 Å². The summed E-state index contributed by atoms with van der Waals surface area (Å²) in [5.41, 5.74) is 6.08. The molecule has 0 bridgehead atoms. The largest absolute Gasteiger partial charge is 0.326 e. The molecular formula is C12H22N2O2S2. The molecule has 0 saturated heterocycles. The molecule has 6 heteroatoms. The second-order valence-corrected chi connectivity index (χ2v) is 8.57. The summed E-state index contributed by atoms with van der Waals surface area (Å²) in [7, 11) is -3.13. The summed E-state index contributed by atoms with van der Waals surface area (Å²) in [5.74, 6) is 0. The Morgan fingerprint density at radius 3 is 2.56 bits per heavy atom. The van der Waals surface area contributed by atoms with Crippen LogP contribution >= 0.6 is 11.3 Å². The number of thiophene rings is 1. The lowest BCUT2D eigenvalue weighted by molar-refractivity contribution is 0.309. The van der Waals surface area contributed by atoms with Crippen LogP contribution in [0.3, 0.4) is 0 Å². The van der Waals surface area contributed by atoms with Crippen LogP contribution in [0.5, 0.6) is 0 Å². The molecule has 0 aliphatic rings. The Kier molecular flexibility index (Phi) is 4.94. The lowest BCUT2D eigenvalue weighted by Crippen LogP contribution is -2.43. The number of hydrogen-bond donors (Lipinski definition) is 2. The fraction of sp³-hybridized carbons (Fsp3) is 0.667. The zero-order valence-corrected chi connectivity index (χ0v) is 13.0. The first-order valence-corrected chi connectivity index (χ1v) is 8.62. The number of nitrogens with one attached hydrogen (secondary N) is 1. The maximum Gasteiger partial charge on any atom is 0.176 e. The van der Waals surface area contributed by atoms with E-state index in [4.69, 9.17) is 5.73 Å². The van der Waals surface area contributed by atoms with Gasteiger partial charge in [-0.25, -0.2) is 8.42 Å². The van der Waals surface area contributed by atoms with Gasteiger partial charge in [-0.3, -0.25) is 0 Å². The maximum atomic E-state index is 11.5. The standard InChI is InChI=1S/C12H22N2O2S2/c1-12(2,3)11(13)8-14-7-9-10(5-6-17-9)18(4,15)16/h5-6,11,14H,7-8,13H2,1-4H3/t11-/m1/s1. The third kappa shape index (κ3) is 4.35. The lowest BCUT2D eigenvalue weighted by Gasteiger charge is -2.27. The van der Waals surface area contributed by atoms with Gasteiger partial charge in [0.25, 0.3) is 0 Å². The summed E-state index contributed by atoms with van der Waals surface area (Å²) < 4.78 is 23.1. The summed E-state index contributed by atoms with van der Waals surface area (Å²) in [5, 5.41) is 5.03. The summed E-state index contributed by atoms with van der Waals surface area (Å²) >= 11 is 1.45. The normalized spacial score (nSPS) is 14.7. The topological polar surface area (TPSA) is 72.2 Å². The summed E-state index contributed by atoms with van der Waals surface area (Å²) in [6.45, 7) is 7.49. The highest BCUT2D eigenvalue weighted by molar-refractivity contribution is 7.90. The van der Waals surface area contributed by atoms with E-state index in [0.717, 1.165) is 4.88 Å². The number of sulfone groups is 1. The van der Waals surface area contributed by atoms with Gasteiger partial charge in [0.15, 0.2) is 9.84 Å². The van der Waals surface area contributed by atoms with Crippen LogP contribution in [0.1, 0.15) is 25.6 Å². The molecule has 0 aliphatic carbocycles.